The minimum absolute atomic E-state index is 0.0961. The van der Waals surface area contributed by atoms with E-state index < -0.39 is 0 Å². The average molecular weight is 286 g/mol. The third kappa shape index (κ3) is 3.83. The summed E-state index contributed by atoms with van der Waals surface area (Å²) in [5.41, 5.74) is 1.16. The molecule has 0 saturated carbocycles. The Labute approximate surface area is 123 Å². The number of ether oxygens (including phenoxy) is 2. The molecule has 0 atom stereocenters. The molecule has 0 heterocycles. The number of benzene rings is 2. The Kier molecular flexibility index (Phi) is 5.35. The first-order valence-corrected chi connectivity index (χ1v) is 6.82. The summed E-state index contributed by atoms with van der Waals surface area (Å²) in [4.78, 5) is 12.2. The highest BCUT2D eigenvalue weighted by Crippen LogP contribution is 2.21. The van der Waals surface area contributed by atoms with Gasteiger partial charge in [-0.2, -0.15) is 0 Å². The predicted octanol–water partition coefficient (Wildman–Crippen LogP) is 2.84. The number of aliphatic hydroxyl groups is 1. The molecule has 4 heteroatoms. The number of rotatable bonds is 7. The molecule has 2 rings (SSSR count). The molecule has 0 radical (unpaired) electrons. The van der Waals surface area contributed by atoms with Gasteiger partial charge in [0.05, 0.1) is 18.8 Å². The zero-order chi connectivity index (χ0) is 15.1. The Morgan fingerprint density at radius 3 is 2.38 bits per heavy atom. The van der Waals surface area contributed by atoms with Gasteiger partial charge in [-0.25, -0.2) is 0 Å². The van der Waals surface area contributed by atoms with Gasteiger partial charge in [-0.15, -0.1) is 0 Å². The molecule has 0 aromatic heterocycles. The summed E-state index contributed by atoms with van der Waals surface area (Å²) in [7, 11) is 0. The maximum Gasteiger partial charge on any atom is 0.203 e. The van der Waals surface area contributed by atoms with Crippen LogP contribution < -0.4 is 9.47 Å². The standard InChI is InChI=1S/C17H18O4/c1-2-20-17-10-6-4-8-14(17)15(19)12-21-16-9-5-3-7-13(16)11-18/h3-10,18H,2,11-12H2,1H3. The van der Waals surface area contributed by atoms with Crippen LogP contribution in [0.5, 0.6) is 11.5 Å². The lowest BCUT2D eigenvalue weighted by Gasteiger charge is -2.11. The van der Waals surface area contributed by atoms with E-state index in [0.717, 1.165) is 0 Å². The number of aliphatic hydroxyl groups excluding tert-OH is 1. The van der Waals surface area contributed by atoms with Gasteiger partial charge in [-0.3, -0.25) is 4.79 Å². The lowest BCUT2D eigenvalue weighted by atomic mass is 10.1. The second-order valence-electron chi connectivity index (χ2n) is 4.41. The number of ketones is 1. The summed E-state index contributed by atoms with van der Waals surface area (Å²) in [6.07, 6.45) is 0. The molecule has 110 valence electrons. The molecule has 0 bridgehead atoms. The van der Waals surface area contributed by atoms with Crippen molar-refractivity contribution in [3.8, 4) is 11.5 Å². The van der Waals surface area contributed by atoms with Gasteiger partial charge < -0.3 is 14.6 Å². The van der Waals surface area contributed by atoms with E-state index >= 15 is 0 Å². The largest absolute Gasteiger partial charge is 0.493 e. The van der Waals surface area contributed by atoms with Crippen molar-refractivity contribution in [2.45, 2.75) is 13.5 Å². The first-order valence-electron chi connectivity index (χ1n) is 6.82. The van der Waals surface area contributed by atoms with Crippen LogP contribution in [0, 0.1) is 0 Å². The normalized spacial score (nSPS) is 10.2. The van der Waals surface area contributed by atoms with E-state index in [9.17, 15) is 9.90 Å². The SMILES string of the molecule is CCOc1ccccc1C(=O)COc1ccccc1CO. The number of carbonyl (C=O) groups is 1. The van der Waals surface area contributed by atoms with Gasteiger partial charge in [-0.05, 0) is 25.1 Å². The van der Waals surface area contributed by atoms with Gasteiger partial charge in [0.1, 0.15) is 11.5 Å². The second kappa shape index (κ2) is 7.45. The Hall–Kier alpha value is -2.33. The number of hydrogen-bond donors (Lipinski definition) is 1. The lowest BCUT2D eigenvalue weighted by molar-refractivity contribution is 0.0915. The molecule has 0 spiro atoms. The molecule has 0 unspecified atom stereocenters. The molecule has 0 aliphatic rings. The maximum absolute atomic E-state index is 12.2. The number of para-hydroxylation sites is 2. The molecular weight excluding hydrogens is 268 g/mol. The molecule has 21 heavy (non-hydrogen) atoms. The molecule has 2 aromatic rings. The van der Waals surface area contributed by atoms with Crippen molar-refractivity contribution in [3.05, 3.63) is 59.7 Å². The second-order valence-corrected chi connectivity index (χ2v) is 4.41. The molecule has 2 aromatic carbocycles. The van der Waals surface area contributed by atoms with E-state index in [-0.39, 0.29) is 19.0 Å². The average Bonchev–Trinajstić information content (AvgIpc) is 2.53. The van der Waals surface area contributed by atoms with Crippen LogP contribution in [0.15, 0.2) is 48.5 Å². The van der Waals surface area contributed by atoms with E-state index in [1.54, 1.807) is 36.4 Å². The van der Waals surface area contributed by atoms with Crippen molar-refractivity contribution in [1.29, 1.82) is 0 Å². The Morgan fingerprint density at radius 1 is 1.00 bits per heavy atom. The molecule has 1 N–H and O–H groups in total. The van der Waals surface area contributed by atoms with Crippen molar-refractivity contribution in [1.82, 2.24) is 0 Å². The van der Waals surface area contributed by atoms with Crippen LogP contribution >= 0.6 is 0 Å². The zero-order valence-corrected chi connectivity index (χ0v) is 11.9. The third-order valence-corrected chi connectivity index (χ3v) is 2.99. The summed E-state index contributed by atoms with van der Waals surface area (Å²) in [6, 6.07) is 14.2. The minimum atomic E-state index is -0.160. The van der Waals surface area contributed by atoms with E-state index in [4.69, 9.17) is 9.47 Å². The molecule has 0 fully saturated rings. The van der Waals surface area contributed by atoms with Crippen LogP contribution in [0.2, 0.25) is 0 Å². The Morgan fingerprint density at radius 2 is 1.67 bits per heavy atom. The maximum atomic E-state index is 12.2. The third-order valence-electron chi connectivity index (χ3n) is 2.99. The number of carbonyl (C=O) groups excluding carboxylic acids is 1. The molecule has 0 aliphatic heterocycles. The van der Waals surface area contributed by atoms with Crippen LogP contribution in [0.1, 0.15) is 22.8 Å². The van der Waals surface area contributed by atoms with Crippen molar-refractivity contribution < 1.29 is 19.4 Å². The number of hydrogen-bond acceptors (Lipinski definition) is 4. The fraction of sp³-hybridized carbons (Fsp3) is 0.235. The fourth-order valence-corrected chi connectivity index (χ4v) is 1.97. The monoisotopic (exact) mass is 286 g/mol. The van der Waals surface area contributed by atoms with Gasteiger partial charge in [0.25, 0.3) is 0 Å². The lowest BCUT2D eigenvalue weighted by Crippen LogP contribution is -2.14. The van der Waals surface area contributed by atoms with Gasteiger partial charge in [0.2, 0.25) is 5.78 Å². The first-order chi connectivity index (χ1) is 10.3. The highest BCUT2D eigenvalue weighted by molar-refractivity contribution is 5.99. The van der Waals surface area contributed by atoms with Gasteiger partial charge >= 0.3 is 0 Å². The van der Waals surface area contributed by atoms with Crippen LogP contribution in [0.4, 0.5) is 0 Å². The highest BCUT2D eigenvalue weighted by atomic mass is 16.5. The van der Waals surface area contributed by atoms with Gasteiger partial charge in [0.15, 0.2) is 6.61 Å². The molecule has 0 amide bonds. The van der Waals surface area contributed by atoms with Crippen molar-refractivity contribution in [3.63, 3.8) is 0 Å². The van der Waals surface area contributed by atoms with E-state index in [2.05, 4.69) is 0 Å². The van der Waals surface area contributed by atoms with Gasteiger partial charge in [0, 0.05) is 5.56 Å². The topological polar surface area (TPSA) is 55.8 Å². The summed E-state index contributed by atoms with van der Waals surface area (Å²) in [6.45, 7) is 2.15. The van der Waals surface area contributed by atoms with Crippen LogP contribution in [-0.4, -0.2) is 24.1 Å². The van der Waals surface area contributed by atoms with E-state index in [1.807, 2.05) is 19.1 Å². The predicted molar refractivity (Wildman–Crippen MR) is 79.8 cm³/mol. The van der Waals surface area contributed by atoms with Crippen molar-refractivity contribution in [2.75, 3.05) is 13.2 Å². The summed E-state index contributed by atoms with van der Waals surface area (Å²) in [5.74, 6) is 0.915. The van der Waals surface area contributed by atoms with E-state index in [1.165, 1.54) is 0 Å². The summed E-state index contributed by atoms with van der Waals surface area (Å²) in [5, 5.41) is 9.23. The Bertz CT molecular complexity index is 607. The highest BCUT2D eigenvalue weighted by Gasteiger charge is 2.13. The van der Waals surface area contributed by atoms with Crippen LogP contribution in [0.25, 0.3) is 0 Å². The van der Waals surface area contributed by atoms with Crippen molar-refractivity contribution in [2.24, 2.45) is 0 Å². The summed E-state index contributed by atoms with van der Waals surface area (Å²) >= 11 is 0. The molecule has 0 aliphatic carbocycles. The Balaban J connectivity index is 2.08. The van der Waals surface area contributed by atoms with E-state index in [0.29, 0.717) is 29.2 Å². The summed E-state index contributed by atoms with van der Waals surface area (Å²) < 4.78 is 11.0. The molecule has 0 saturated heterocycles. The van der Waals surface area contributed by atoms with Crippen LogP contribution in [0.3, 0.4) is 0 Å². The molecular formula is C17H18O4. The van der Waals surface area contributed by atoms with Crippen molar-refractivity contribution >= 4 is 5.78 Å². The smallest absolute Gasteiger partial charge is 0.203 e. The molecule has 4 nitrogen and oxygen atoms in total. The fourth-order valence-electron chi connectivity index (χ4n) is 1.97. The zero-order valence-electron chi connectivity index (χ0n) is 11.9. The number of Topliss-reactive ketones (excluding diaryl/α,β-unsaturated/α-hetero) is 1. The van der Waals surface area contributed by atoms with Gasteiger partial charge in [-0.1, -0.05) is 30.3 Å². The minimum Gasteiger partial charge on any atom is -0.493 e. The quantitative estimate of drug-likeness (QED) is 0.795. The van der Waals surface area contributed by atoms with Crippen LogP contribution in [-0.2, 0) is 6.61 Å². The first kappa shape index (κ1) is 15.1.